The molecule has 32 heavy (non-hydrogen) atoms. The van der Waals surface area contributed by atoms with Crippen LogP contribution in [0.15, 0.2) is 41.8 Å². The monoisotopic (exact) mass is 459 g/mol. The lowest BCUT2D eigenvalue weighted by molar-refractivity contribution is -0.140. The Bertz CT molecular complexity index is 913. The molecule has 0 spiro atoms. The molecule has 1 heterocycles. The van der Waals surface area contributed by atoms with Gasteiger partial charge in [-0.15, -0.1) is 11.3 Å². The maximum absolute atomic E-state index is 14.8. The van der Waals surface area contributed by atoms with Gasteiger partial charge >= 0.3 is 0 Å². The maximum Gasteiger partial charge on any atom is 0.261 e. The van der Waals surface area contributed by atoms with Gasteiger partial charge in [0.2, 0.25) is 11.8 Å². The summed E-state index contributed by atoms with van der Waals surface area (Å²) in [5, 5.41) is 7.43. The van der Waals surface area contributed by atoms with Crippen LogP contribution in [0, 0.1) is 5.82 Å². The molecule has 6 nitrogen and oxygen atoms in total. The molecule has 3 rings (SSSR count). The fourth-order valence-electron chi connectivity index (χ4n) is 3.98. The third kappa shape index (κ3) is 6.16. The number of amides is 3. The van der Waals surface area contributed by atoms with Crippen LogP contribution in [0.25, 0.3) is 0 Å². The lowest BCUT2D eigenvalue weighted by Gasteiger charge is -2.32. The van der Waals surface area contributed by atoms with E-state index in [9.17, 15) is 18.8 Å². The van der Waals surface area contributed by atoms with E-state index in [2.05, 4.69) is 10.6 Å². The van der Waals surface area contributed by atoms with Crippen LogP contribution >= 0.6 is 11.3 Å². The van der Waals surface area contributed by atoms with E-state index in [0.717, 1.165) is 32.1 Å². The number of halogens is 1. The summed E-state index contributed by atoms with van der Waals surface area (Å²) in [6, 6.07) is 8.46. The van der Waals surface area contributed by atoms with Crippen molar-refractivity contribution in [3.8, 4) is 0 Å². The van der Waals surface area contributed by atoms with Gasteiger partial charge in [0, 0.05) is 18.2 Å². The van der Waals surface area contributed by atoms with Crippen LogP contribution in [0.2, 0.25) is 0 Å². The number of hydrogen-bond acceptors (Lipinski definition) is 4. The van der Waals surface area contributed by atoms with Crippen LogP contribution in [-0.4, -0.2) is 41.8 Å². The van der Waals surface area contributed by atoms with E-state index in [1.165, 1.54) is 22.3 Å². The van der Waals surface area contributed by atoms with Gasteiger partial charge in [-0.2, -0.15) is 0 Å². The van der Waals surface area contributed by atoms with Crippen molar-refractivity contribution >= 4 is 29.1 Å². The van der Waals surface area contributed by atoms with E-state index < -0.39 is 17.8 Å². The van der Waals surface area contributed by atoms with Crippen LogP contribution in [0.4, 0.5) is 4.39 Å². The SMILES string of the molecule is CCCCN(C(=O)CNC(=O)c1cccs1)[C@@H](C(=O)NC1CCCC1)c1ccccc1F. The summed E-state index contributed by atoms with van der Waals surface area (Å²) in [5.41, 5.74) is 0.164. The summed E-state index contributed by atoms with van der Waals surface area (Å²) in [6.07, 6.45) is 5.32. The molecule has 0 unspecified atom stereocenters. The Kier molecular flexibility index (Phi) is 8.79. The number of carbonyl (C=O) groups excluding carboxylic acids is 3. The number of carbonyl (C=O) groups is 3. The molecule has 172 valence electrons. The molecule has 1 atom stereocenters. The molecule has 1 aromatic heterocycles. The third-order valence-electron chi connectivity index (χ3n) is 5.68. The van der Waals surface area contributed by atoms with Crippen molar-refractivity contribution in [2.75, 3.05) is 13.1 Å². The first kappa shape index (κ1) is 23.9. The zero-order valence-corrected chi connectivity index (χ0v) is 19.1. The van der Waals surface area contributed by atoms with Crippen molar-refractivity contribution < 1.29 is 18.8 Å². The van der Waals surface area contributed by atoms with Gasteiger partial charge in [-0.3, -0.25) is 14.4 Å². The van der Waals surface area contributed by atoms with Crippen molar-refractivity contribution in [1.82, 2.24) is 15.5 Å². The van der Waals surface area contributed by atoms with E-state index in [1.807, 2.05) is 6.92 Å². The van der Waals surface area contributed by atoms with Crippen LogP contribution in [0.1, 0.15) is 66.7 Å². The number of hydrogen-bond donors (Lipinski definition) is 2. The average molecular weight is 460 g/mol. The van der Waals surface area contributed by atoms with Crippen molar-refractivity contribution in [3.05, 3.63) is 58.0 Å². The van der Waals surface area contributed by atoms with Crippen LogP contribution in [0.3, 0.4) is 0 Å². The minimum absolute atomic E-state index is 0.0402. The Hall–Kier alpha value is -2.74. The minimum atomic E-state index is -1.09. The summed E-state index contributed by atoms with van der Waals surface area (Å²) >= 11 is 1.28. The van der Waals surface area contributed by atoms with E-state index in [-0.39, 0.29) is 30.0 Å². The summed E-state index contributed by atoms with van der Waals surface area (Å²) in [5.74, 6) is -1.67. The highest BCUT2D eigenvalue weighted by molar-refractivity contribution is 7.12. The topological polar surface area (TPSA) is 78.5 Å². The summed E-state index contributed by atoms with van der Waals surface area (Å²) in [4.78, 5) is 40.7. The molecule has 3 amide bonds. The lowest BCUT2D eigenvalue weighted by Crippen LogP contribution is -2.49. The lowest BCUT2D eigenvalue weighted by atomic mass is 10.0. The first-order valence-corrected chi connectivity index (χ1v) is 12.0. The fourth-order valence-corrected chi connectivity index (χ4v) is 4.62. The van der Waals surface area contributed by atoms with Gasteiger partial charge < -0.3 is 15.5 Å². The van der Waals surface area contributed by atoms with Crippen LogP contribution in [-0.2, 0) is 9.59 Å². The van der Waals surface area contributed by atoms with Gasteiger partial charge in [0.1, 0.15) is 11.9 Å². The van der Waals surface area contributed by atoms with E-state index in [4.69, 9.17) is 0 Å². The molecular weight excluding hydrogens is 429 g/mol. The molecule has 1 aliphatic carbocycles. The van der Waals surface area contributed by atoms with E-state index in [1.54, 1.807) is 35.7 Å². The largest absolute Gasteiger partial charge is 0.351 e. The molecule has 1 aromatic carbocycles. The van der Waals surface area contributed by atoms with Crippen molar-refractivity contribution in [2.24, 2.45) is 0 Å². The van der Waals surface area contributed by atoms with Gasteiger partial charge in [-0.1, -0.05) is 50.5 Å². The summed E-state index contributed by atoms with van der Waals surface area (Å²) in [7, 11) is 0. The molecule has 0 saturated heterocycles. The smallest absolute Gasteiger partial charge is 0.261 e. The molecule has 0 bridgehead atoms. The maximum atomic E-state index is 14.8. The Morgan fingerprint density at radius 1 is 1.16 bits per heavy atom. The Labute approximate surface area is 192 Å². The predicted molar refractivity (Wildman–Crippen MR) is 123 cm³/mol. The third-order valence-corrected chi connectivity index (χ3v) is 6.55. The number of rotatable bonds is 10. The minimum Gasteiger partial charge on any atom is -0.351 e. The molecule has 2 aromatic rings. The molecular formula is C24H30FN3O3S. The molecule has 0 aliphatic heterocycles. The van der Waals surface area contributed by atoms with Gasteiger partial charge in [-0.05, 0) is 36.8 Å². The fraction of sp³-hybridized carbons (Fsp3) is 0.458. The number of unbranched alkanes of at least 4 members (excludes halogenated alkanes) is 1. The molecule has 1 fully saturated rings. The number of thiophene rings is 1. The molecule has 1 aliphatic rings. The Morgan fingerprint density at radius 3 is 2.56 bits per heavy atom. The van der Waals surface area contributed by atoms with Gasteiger partial charge in [0.25, 0.3) is 5.91 Å². The Morgan fingerprint density at radius 2 is 1.91 bits per heavy atom. The highest BCUT2D eigenvalue weighted by Gasteiger charge is 2.34. The quantitative estimate of drug-likeness (QED) is 0.563. The average Bonchev–Trinajstić information content (AvgIpc) is 3.50. The van der Waals surface area contributed by atoms with Crippen LogP contribution in [0.5, 0.6) is 0 Å². The summed E-state index contributed by atoms with van der Waals surface area (Å²) < 4.78 is 14.8. The molecule has 1 saturated carbocycles. The van der Waals surface area contributed by atoms with Crippen molar-refractivity contribution in [2.45, 2.75) is 57.5 Å². The standard InChI is InChI=1S/C24H30FN3O3S/c1-2-3-14-28(21(29)16-26-23(30)20-13-8-15-32-20)22(18-11-6-7-12-19(18)25)24(31)27-17-9-4-5-10-17/h6-8,11-13,15,17,22H,2-5,9-10,14,16H2,1H3,(H,26,30)(H,27,31)/t22-/m1/s1. The van der Waals surface area contributed by atoms with E-state index in [0.29, 0.717) is 17.8 Å². The zero-order valence-electron chi connectivity index (χ0n) is 18.3. The highest BCUT2D eigenvalue weighted by Crippen LogP contribution is 2.26. The van der Waals surface area contributed by atoms with Crippen molar-refractivity contribution in [3.63, 3.8) is 0 Å². The van der Waals surface area contributed by atoms with Crippen molar-refractivity contribution in [1.29, 1.82) is 0 Å². The number of nitrogens with zero attached hydrogens (tertiary/aromatic N) is 1. The molecule has 2 N–H and O–H groups in total. The van der Waals surface area contributed by atoms with Gasteiger partial charge in [0.05, 0.1) is 11.4 Å². The summed E-state index contributed by atoms with van der Waals surface area (Å²) in [6.45, 7) is 2.02. The molecule has 0 radical (unpaired) electrons. The first-order chi connectivity index (χ1) is 15.5. The van der Waals surface area contributed by atoms with Gasteiger partial charge in [0.15, 0.2) is 0 Å². The molecule has 8 heteroatoms. The number of benzene rings is 1. The zero-order chi connectivity index (χ0) is 22.9. The second-order valence-electron chi connectivity index (χ2n) is 8.01. The highest BCUT2D eigenvalue weighted by atomic mass is 32.1. The second kappa shape index (κ2) is 11.8. The first-order valence-electron chi connectivity index (χ1n) is 11.2. The Balaban J connectivity index is 1.83. The second-order valence-corrected chi connectivity index (χ2v) is 8.96. The number of nitrogens with one attached hydrogen (secondary N) is 2. The van der Waals surface area contributed by atoms with Gasteiger partial charge in [-0.25, -0.2) is 4.39 Å². The van der Waals surface area contributed by atoms with E-state index >= 15 is 0 Å². The van der Waals surface area contributed by atoms with Crippen LogP contribution < -0.4 is 10.6 Å². The predicted octanol–water partition coefficient (Wildman–Crippen LogP) is 4.05. The normalized spacial score (nSPS) is 14.7.